The Morgan fingerprint density at radius 3 is 2.57 bits per heavy atom. The first kappa shape index (κ1) is 17.5. The minimum atomic E-state index is -3.61. The number of hydrogen-bond acceptors (Lipinski definition) is 6. The maximum Gasteiger partial charge on any atom is 0.257 e. The van der Waals surface area contributed by atoms with Gasteiger partial charge in [-0.1, -0.05) is 31.3 Å². The molecule has 1 aromatic heterocycles. The highest BCUT2D eigenvalue weighted by Crippen LogP contribution is 2.21. The molecule has 0 aliphatic heterocycles. The van der Waals surface area contributed by atoms with Crippen molar-refractivity contribution in [3.05, 3.63) is 34.8 Å². The Bertz CT molecular complexity index is 784. The van der Waals surface area contributed by atoms with Crippen LogP contribution in [0, 0.1) is 6.92 Å². The van der Waals surface area contributed by atoms with Crippen molar-refractivity contribution in [2.45, 2.75) is 25.7 Å². The molecule has 0 atom stereocenters. The summed E-state index contributed by atoms with van der Waals surface area (Å²) >= 11 is 1.19. The van der Waals surface area contributed by atoms with E-state index in [4.69, 9.17) is 0 Å². The van der Waals surface area contributed by atoms with Gasteiger partial charge in [0.05, 0.1) is 4.90 Å². The molecule has 0 aliphatic carbocycles. The predicted molar refractivity (Wildman–Crippen MR) is 89.1 cm³/mol. The molecule has 0 fully saturated rings. The number of amides is 1. The largest absolute Gasteiger partial charge is 0.296 e. The van der Waals surface area contributed by atoms with Gasteiger partial charge in [-0.3, -0.25) is 10.1 Å². The van der Waals surface area contributed by atoms with Crippen LogP contribution in [-0.4, -0.2) is 41.9 Å². The fourth-order valence-electron chi connectivity index (χ4n) is 2.11. The lowest BCUT2D eigenvalue weighted by molar-refractivity contribution is 0.102. The summed E-state index contributed by atoms with van der Waals surface area (Å²) in [5.41, 5.74) is 2.49. The second-order valence-electron chi connectivity index (χ2n) is 4.76. The summed E-state index contributed by atoms with van der Waals surface area (Å²) in [6, 6.07) is 4.55. The second-order valence-corrected chi connectivity index (χ2v) is 7.54. The molecule has 0 spiro atoms. The van der Waals surface area contributed by atoms with Crippen molar-refractivity contribution in [2.75, 3.05) is 18.4 Å². The average Bonchev–Trinajstić information content (AvgIpc) is 3.01. The quantitative estimate of drug-likeness (QED) is 0.858. The van der Waals surface area contributed by atoms with E-state index in [0.29, 0.717) is 29.3 Å². The number of aryl methyl sites for hydroxylation is 1. The molecular formula is C14H18N4O3S2. The highest BCUT2D eigenvalue weighted by atomic mass is 32.2. The number of anilines is 1. The van der Waals surface area contributed by atoms with Gasteiger partial charge >= 0.3 is 0 Å². The lowest BCUT2D eigenvalue weighted by Crippen LogP contribution is -2.30. The maximum absolute atomic E-state index is 12.6. The van der Waals surface area contributed by atoms with Crippen LogP contribution < -0.4 is 5.32 Å². The molecule has 0 aliphatic rings. The molecular weight excluding hydrogens is 336 g/mol. The molecule has 1 N–H and O–H groups in total. The summed E-state index contributed by atoms with van der Waals surface area (Å²) in [5.74, 6) is -0.407. The molecule has 0 radical (unpaired) electrons. The van der Waals surface area contributed by atoms with Crippen molar-refractivity contribution >= 4 is 32.4 Å². The van der Waals surface area contributed by atoms with Crippen molar-refractivity contribution in [3.8, 4) is 0 Å². The highest BCUT2D eigenvalue weighted by molar-refractivity contribution is 7.89. The van der Waals surface area contributed by atoms with Gasteiger partial charge < -0.3 is 0 Å². The van der Waals surface area contributed by atoms with E-state index in [2.05, 4.69) is 15.5 Å². The van der Waals surface area contributed by atoms with Crippen molar-refractivity contribution in [3.63, 3.8) is 0 Å². The molecule has 0 saturated heterocycles. The van der Waals surface area contributed by atoms with Crippen LogP contribution in [0.2, 0.25) is 0 Å². The molecule has 2 aromatic rings. The number of sulfonamides is 1. The molecule has 0 saturated carbocycles. The van der Waals surface area contributed by atoms with Crippen LogP contribution in [0.3, 0.4) is 0 Å². The molecule has 0 bridgehead atoms. The predicted octanol–water partition coefficient (Wildman–Crippen LogP) is 2.13. The zero-order valence-electron chi connectivity index (χ0n) is 13.1. The van der Waals surface area contributed by atoms with E-state index in [1.165, 1.54) is 33.3 Å². The zero-order valence-corrected chi connectivity index (χ0v) is 14.7. The molecule has 124 valence electrons. The second kappa shape index (κ2) is 7.16. The number of aromatic nitrogens is 2. The summed E-state index contributed by atoms with van der Waals surface area (Å²) in [4.78, 5) is 12.4. The fourth-order valence-corrected chi connectivity index (χ4v) is 4.04. The summed E-state index contributed by atoms with van der Waals surface area (Å²) in [5, 5.41) is 10.4. The van der Waals surface area contributed by atoms with Gasteiger partial charge in [-0.15, -0.1) is 10.2 Å². The van der Waals surface area contributed by atoms with Crippen LogP contribution in [-0.2, 0) is 10.0 Å². The van der Waals surface area contributed by atoms with E-state index < -0.39 is 15.9 Å². The molecule has 9 heteroatoms. The standard InChI is InChI=1S/C14H18N4O3S2/c1-4-18(5-2)23(20,21)11-7-6-10(3)12(8-11)13(19)16-14-17-15-9-22-14/h6-9H,4-5H2,1-3H3,(H,16,17,19). The zero-order chi connectivity index (χ0) is 17.0. The molecule has 0 unspecified atom stereocenters. The number of benzene rings is 1. The number of nitrogens with zero attached hydrogens (tertiary/aromatic N) is 3. The summed E-state index contributed by atoms with van der Waals surface area (Å²) < 4.78 is 26.5. The van der Waals surface area contributed by atoms with Gasteiger partial charge in [0, 0.05) is 18.7 Å². The molecule has 1 amide bonds. The number of carbonyl (C=O) groups excluding carboxylic acids is 1. The van der Waals surface area contributed by atoms with Gasteiger partial charge in [0.1, 0.15) is 5.51 Å². The smallest absolute Gasteiger partial charge is 0.257 e. The number of hydrogen-bond donors (Lipinski definition) is 1. The lowest BCUT2D eigenvalue weighted by atomic mass is 10.1. The molecule has 1 aromatic carbocycles. The van der Waals surface area contributed by atoms with E-state index in [-0.39, 0.29) is 4.90 Å². The third kappa shape index (κ3) is 3.74. The normalized spacial score (nSPS) is 11.7. The van der Waals surface area contributed by atoms with Crippen LogP contribution in [0.25, 0.3) is 0 Å². The first-order valence-corrected chi connectivity index (χ1v) is 9.40. The lowest BCUT2D eigenvalue weighted by Gasteiger charge is -2.19. The highest BCUT2D eigenvalue weighted by Gasteiger charge is 2.23. The Kier molecular flexibility index (Phi) is 5.45. The summed E-state index contributed by atoms with van der Waals surface area (Å²) in [6.45, 7) is 6.05. The van der Waals surface area contributed by atoms with E-state index in [0.717, 1.165) is 0 Å². The Morgan fingerprint density at radius 1 is 1.30 bits per heavy atom. The fraction of sp³-hybridized carbons (Fsp3) is 0.357. The van der Waals surface area contributed by atoms with Crippen LogP contribution in [0.5, 0.6) is 0 Å². The summed E-state index contributed by atoms with van der Waals surface area (Å²) in [7, 11) is -3.61. The van der Waals surface area contributed by atoms with Gasteiger partial charge in [0.15, 0.2) is 0 Å². The minimum absolute atomic E-state index is 0.106. The number of rotatable bonds is 6. The van der Waals surface area contributed by atoms with Crippen molar-refractivity contribution in [1.29, 1.82) is 0 Å². The van der Waals surface area contributed by atoms with Crippen molar-refractivity contribution in [2.24, 2.45) is 0 Å². The Morgan fingerprint density at radius 2 is 2.00 bits per heavy atom. The third-order valence-electron chi connectivity index (χ3n) is 3.38. The Hall–Kier alpha value is -1.84. The van der Waals surface area contributed by atoms with Gasteiger partial charge in [0.25, 0.3) is 5.91 Å². The maximum atomic E-state index is 12.6. The number of carbonyl (C=O) groups is 1. The van der Waals surface area contributed by atoms with Crippen molar-refractivity contribution < 1.29 is 13.2 Å². The monoisotopic (exact) mass is 354 g/mol. The first-order chi connectivity index (χ1) is 10.9. The van der Waals surface area contributed by atoms with E-state index in [9.17, 15) is 13.2 Å². The number of nitrogens with one attached hydrogen (secondary N) is 1. The SMILES string of the molecule is CCN(CC)S(=O)(=O)c1ccc(C)c(C(=O)Nc2nncs2)c1. The first-order valence-electron chi connectivity index (χ1n) is 7.08. The van der Waals surface area contributed by atoms with E-state index in [1.807, 2.05) is 0 Å². The van der Waals surface area contributed by atoms with Crippen LogP contribution >= 0.6 is 11.3 Å². The van der Waals surface area contributed by atoms with Crippen LogP contribution in [0.4, 0.5) is 5.13 Å². The molecule has 7 nitrogen and oxygen atoms in total. The summed E-state index contributed by atoms with van der Waals surface area (Å²) in [6.07, 6.45) is 0. The van der Waals surface area contributed by atoms with Crippen molar-refractivity contribution in [1.82, 2.24) is 14.5 Å². The van der Waals surface area contributed by atoms with Crippen LogP contribution in [0.1, 0.15) is 29.8 Å². The van der Waals surface area contributed by atoms with Crippen LogP contribution in [0.15, 0.2) is 28.6 Å². The van der Waals surface area contributed by atoms with Gasteiger partial charge in [-0.2, -0.15) is 4.31 Å². The van der Waals surface area contributed by atoms with E-state index >= 15 is 0 Å². The minimum Gasteiger partial charge on any atom is -0.296 e. The topological polar surface area (TPSA) is 92.3 Å². The molecule has 2 rings (SSSR count). The van der Waals surface area contributed by atoms with Gasteiger partial charge in [-0.05, 0) is 24.6 Å². The molecule has 23 heavy (non-hydrogen) atoms. The molecule has 1 heterocycles. The van der Waals surface area contributed by atoms with Gasteiger partial charge in [-0.25, -0.2) is 8.42 Å². The Labute approximate surface area is 139 Å². The van der Waals surface area contributed by atoms with E-state index in [1.54, 1.807) is 26.8 Å². The third-order valence-corrected chi connectivity index (χ3v) is 6.03. The average molecular weight is 354 g/mol. The van der Waals surface area contributed by atoms with Gasteiger partial charge in [0.2, 0.25) is 15.2 Å². The Balaban J connectivity index is 2.37.